The highest BCUT2D eigenvalue weighted by molar-refractivity contribution is 5.96. The molecular formula is C10H8FNO2. The van der Waals surface area contributed by atoms with Crippen molar-refractivity contribution in [1.82, 2.24) is 0 Å². The number of hydrogen-bond acceptors (Lipinski definition) is 3. The molecule has 0 radical (unpaired) electrons. The fraction of sp³-hybridized carbons (Fsp3) is 0.100. The molecule has 3 nitrogen and oxygen atoms in total. The summed E-state index contributed by atoms with van der Waals surface area (Å²) in [5.41, 5.74) is 5.75. The predicted octanol–water partition coefficient (Wildman–Crippen LogP) is 2.36. The van der Waals surface area contributed by atoms with Gasteiger partial charge in [-0.15, -0.1) is 0 Å². The van der Waals surface area contributed by atoms with Gasteiger partial charge >= 0.3 is 0 Å². The van der Waals surface area contributed by atoms with Gasteiger partial charge in [-0.1, -0.05) is 0 Å². The Bertz CT molecular complexity index is 477. The van der Waals surface area contributed by atoms with Crippen LogP contribution in [0.5, 0.6) is 0 Å². The van der Waals surface area contributed by atoms with E-state index in [1.807, 2.05) is 0 Å². The van der Waals surface area contributed by atoms with Crippen LogP contribution in [0.1, 0.15) is 17.5 Å². The van der Waals surface area contributed by atoms with Crippen molar-refractivity contribution in [3.05, 3.63) is 29.8 Å². The molecular weight excluding hydrogens is 185 g/mol. The van der Waals surface area contributed by atoms with Crippen molar-refractivity contribution < 1.29 is 13.6 Å². The van der Waals surface area contributed by atoms with Crippen LogP contribution < -0.4 is 5.73 Å². The van der Waals surface area contributed by atoms with Gasteiger partial charge in [0.2, 0.25) is 0 Å². The minimum absolute atomic E-state index is 0.0494. The van der Waals surface area contributed by atoms with Crippen LogP contribution in [-0.4, -0.2) is 5.78 Å². The number of benzene rings is 1. The van der Waals surface area contributed by atoms with E-state index in [1.165, 1.54) is 19.1 Å². The first-order chi connectivity index (χ1) is 6.58. The van der Waals surface area contributed by atoms with Crippen molar-refractivity contribution in [3.8, 4) is 0 Å². The fourth-order valence-corrected chi connectivity index (χ4v) is 1.25. The Hall–Kier alpha value is -1.84. The molecule has 0 spiro atoms. The molecule has 4 heteroatoms. The topological polar surface area (TPSA) is 56.2 Å². The van der Waals surface area contributed by atoms with Gasteiger partial charge in [-0.3, -0.25) is 4.79 Å². The second kappa shape index (κ2) is 2.83. The zero-order valence-corrected chi connectivity index (χ0v) is 7.50. The summed E-state index contributed by atoms with van der Waals surface area (Å²) in [7, 11) is 0. The summed E-state index contributed by atoms with van der Waals surface area (Å²) >= 11 is 0. The molecule has 0 amide bonds. The number of furan rings is 1. The van der Waals surface area contributed by atoms with Crippen LogP contribution in [0.15, 0.2) is 22.6 Å². The molecule has 0 saturated carbocycles. The molecule has 0 fully saturated rings. The lowest BCUT2D eigenvalue weighted by Crippen LogP contribution is -1.88. The maximum Gasteiger partial charge on any atom is 0.194 e. The lowest BCUT2D eigenvalue weighted by atomic mass is 10.2. The van der Waals surface area contributed by atoms with Gasteiger partial charge in [0.1, 0.15) is 11.4 Å². The van der Waals surface area contributed by atoms with Gasteiger partial charge in [-0.2, -0.15) is 0 Å². The summed E-state index contributed by atoms with van der Waals surface area (Å²) in [5, 5.41) is 0.633. The zero-order chi connectivity index (χ0) is 10.3. The molecule has 2 aromatic rings. The van der Waals surface area contributed by atoms with Crippen molar-refractivity contribution >= 4 is 22.4 Å². The molecule has 0 atom stereocenters. The number of halogens is 1. The number of nitrogens with two attached hydrogens (primary N) is 1. The highest BCUT2D eigenvalue weighted by Gasteiger charge is 2.10. The van der Waals surface area contributed by atoms with E-state index in [0.717, 1.165) is 0 Å². The quantitative estimate of drug-likeness (QED) is 0.558. The number of carbonyl (C=O) groups excluding carboxylic acids is 1. The third-order valence-electron chi connectivity index (χ3n) is 1.98. The monoisotopic (exact) mass is 193 g/mol. The van der Waals surface area contributed by atoms with Crippen molar-refractivity contribution in [2.24, 2.45) is 0 Å². The van der Waals surface area contributed by atoms with Crippen LogP contribution in [0.2, 0.25) is 0 Å². The van der Waals surface area contributed by atoms with E-state index in [-0.39, 0.29) is 17.2 Å². The van der Waals surface area contributed by atoms with Crippen LogP contribution in [0.25, 0.3) is 11.0 Å². The molecule has 0 aliphatic heterocycles. The highest BCUT2D eigenvalue weighted by Crippen LogP contribution is 2.24. The summed E-state index contributed by atoms with van der Waals surface area (Å²) < 4.78 is 18.1. The molecule has 0 aliphatic carbocycles. The number of carbonyl (C=O) groups is 1. The first-order valence-electron chi connectivity index (χ1n) is 4.07. The van der Waals surface area contributed by atoms with Crippen molar-refractivity contribution in [3.63, 3.8) is 0 Å². The van der Waals surface area contributed by atoms with Gasteiger partial charge in [0, 0.05) is 18.4 Å². The Morgan fingerprint density at radius 3 is 2.79 bits per heavy atom. The molecule has 0 aliphatic rings. The van der Waals surface area contributed by atoms with E-state index in [2.05, 4.69) is 0 Å². The number of rotatable bonds is 1. The smallest absolute Gasteiger partial charge is 0.194 e. The molecule has 1 aromatic carbocycles. The van der Waals surface area contributed by atoms with Crippen LogP contribution in [0.4, 0.5) is 10.1 Å². The Morgan fingerprint density at radius 1 is 1.43 bits per heavy atom. The molecule has 14 heavy (non-hydrogen) atoms. The lowest BCUT2D eigenvalue weighted by Gasteiger charge is -1.93. The summed E-state index contributed by atoms with van der Waals surface area (Å²) in [6, 6.07) is 4.17. The third-order valence-corrected chi connectivity index (χ3v) is 1.98. The van der Waals surface area contributed by atoms with Crippen LogP contribution in [0, 0.1) is 5.82 Å². The number of hydrogen-bond donors (Lipinski definition) is 1. The number of anilines is 1. The van der Waals surface area contributed by atoms with E-state index in [9.17, 15) is 9.18 Å². The minimum atomic E-state index is -0.540. The zero-order valence-electron chi connectivity index (χ0n) is 7.50. The summed E-state index contributed by atoms with van der Waals surface area (Å²) in [6.07, 6.45) is 0. The summed E-state index contributed by atoms with van der Waals surface area (Å²) in [5.74, 6) is -0.521. The number of ketones is 1. The van der Waals surface area contributed by atoms with Gasteiger partial charge in [0.15, 0.2) is 11.5 Å². The van der Waals surface area contributed by atoms with E-state index in [0.29, 0.717) is 11.0 Å². The number of fused-ring (bicyclic) bond motifs is 1. The van der Waals surface area contributed by atoms with E-state index in [1.54, 1.807) is 6.07 Å². The maximum atomic E-state index is 13.0. The van der Waals surface area contributed by atoms with E-state index < -0.39 is 5.82 Å². The Morgan fingerprint density at radius 2 is 2.14 bits per heavy atom. The van der Waals surface area contributed by atoms with Crippen LogP contribution in [-0.2, 0) is 0 Å². The molecule has 2 N–H and O–H groups in total. The molecule has 0 saturated heterocycles. The molecule has 1 aromatic heterocycles. The second-order valence-corrected chi connectivity index (χ2v) is 3.08. The average molecular weight is 193 g/mol. The van der Waals surface area contributed by atoms with E-state index >= 15 is 0 Å². The Labute approximate surface area is 79.3 Å². The van der Waals surface area contributed by atoms with Crippen molar-refractivity contribution in [2.75, 3.05) is 5.73 Å². The predicted molar refractivity (Wildman–Crippen MR) is 50.6 cm³/mol. The summed E-state index contributed by atoms with van der Waals surface area (Å²) in [4.78, 5) is 11.0. The molecule has 1 heterocycles. The average Bonchev–Trinajstić information content (AvgIpc) is 2.48. The normalized spacial score (nSPS) is 10.7. The maximum absolute atomic E-state index is 13.0. The molecule has 0 bridgehead atoms. The third kappa shape index (κ3) is 1.25. The standard InChI is InChI=1S/C10H8FNO2/c1-5(13)9-3-6-2-8(12)7(11)4-10(6)14-9/h2-4H,12H2,1H3. The van der Waals surface area contributed by atoms with Gasteiger partial charge < -0.3 is 10.2 Å². The number of Topliss-reactive ketones (excluding diaryl/α,β-unsaturated/α-hetero) is 1. The first-order valence-corrected chi connectivity index (χ1v) is 4.07. The van der Waals surface area contributed by atoms with Gasteiger partial charge in [0.05, 0.1) is 5.69 Å². The minimum Gasteiger partial charge on any atom is -0.453 e. The second-order valence-electron chi connectivity index (χ2n) is 3.08. The lowest BCUT2D eigenvalue weighted by molar-refractivity contribution is 0.0989. The molecule has 72 valence electrons. The Kier molecular flexibility index (Phi) is 1.77. The highest BCUT2D eigenvalue weighted by atomic mass is 19.1. The first kappa shape index (κ1) is 8.74. The molecule has 0 unspecified atom stereocenters. The summed E-state index contributed by atoms with van der Waals surface area (Å²) in [6.45, 7) is 1.39. The fourth-order valence-electron chi connectivity index (χ4n) is 1.25. The SMILES string of the molecule is CC(=O)c1cc2cc(N)c(F)cc2o1. The van der Waals surface area contributed by atoms with Crippen LogP contribution >= 0.6 is 0 Å². The van der Waals surface area contributed by atoms with Crippen LogP contribution in [0.3, 0.4) is 0 Å². The van der Waals surface area contributed by atoms with E-state index in [4.69, 9.17) is 10.2 Å². The van der Waals surface area contributed by atoms with Crippen molar-refractivity contribution in [1.29, 1.82) is 0 Å². The van der Waals surface area contributed by atoms with Gasteiger partial charge in [-0.25, -0.2) is 4.39 Å². The van der Waals surface area contributed by atoms with Gasteiger partial charge in [-0.05, 0) is 12.1 Å². The van der Waals surface area contributed by atoms with Gasteiger partial charge in [0.25, 0.3) is 0 Å². The largest absolute Gasteiger partial charge is 0.453 e. The van der Waals surface area contributed by atoms with Crippen molar-refractivity contribution in [2.45, 2.75) is 6.92 Å². The Balaban J connectivity index is 2.72. The molecule has 2 rings (SSSR count). The number of nitrogen functional groups attached to an aromatic ring is 1.